The van der Waals surface area contributed by atoms with E-state index in [0.29, 0.717) is 81.1 Å². The van der Waals surface area contributed by atoms with Crippen LogP contribution in [-0.2, 0) is 69.3 Å². The van der Waals surface area contributed by atoms with E-state index in [2.05, 4.69) is 134 Å². The van der Waals surface area contributed by atoms with Crippen LogP contribution >= 0.6 is 57.8 Å². The molecule has 0 heterocycles. The first-order chi connectivity index (χ1) is 64.0. The summed E-state index contributed by atoms with van der Waals surface area (Å²) in [5.41, 5.74) is 0.669. The lowest BCUT2D eigenvalue weighted by Crippen LogP contribution is -2.33. The van der Waals surface area contributed by atoms with E-state index < -0.39 is 55.0 Å². The highest BCUT2D eigenvalue weighted by Gasteiger charge is 2.39. The minimum Gasteiger partial charge on any atom is -0.388 e. The van der Waals surface area contributed by atoms with Crippen LogP contribution in [0.2, 0.25) is 0 Å². The topological polar surface area (TPSA) is 243 Å². The molecule has 0 aromatic carbocycles. The minimum absolute atomic E-state index is 0.00613. The zero-order chi connectivity index (χ0) is 99.6. The Kier molecular flexibility index (Phi) is 90.3. The van der Waals surface area contributed by atoms with Crippen molar-refractivity contribution in [1.29, 1.82) is 0 Å². The first-order valence-corrected chi connectivity index (χ1v) is 65.2. The van der Waals surface area contributed by atoms with Crippen LogP contribution in [0.25, 0.3) is 0 Å². The second-order valence-corrected chi connectivity index (χ2v) is 51.0. The summed E-state index contributed by atoms with van der Waals surface area (Å²) in [5, 5.41) is 11.4. The summed E-state index contributed by atoms with van der Waals surface area (Å²) in [5.74, 6) is 0.306. The third-order valence-electron chi connectivity index (χ3n) is 28.0. The van der Waals surface area contributed by atoms with Crippen molar-refractivity contribution in [2.75, 3.05) is 144 Å². The highest BCUT2D eigenvalue weighted by molar-refractivity contribution is 7.48. The predicted octanol–water partition coefficient (Wildman–Crippen LogP) is 33.2. The molecule has 0 amide bonds. The fourth-order valence-corrected chi connectivity index (χ4v) is 27.5. The molecule has 0 rings (SSSR count). The lowest BCUT2D eigenvalue weighted by molar-refractivity contribution is -0.0507. The Labute approximate surface area is 829 Å². The average molecular weight is 2040 g/mol. The highest BCUT2D eigenvalue weighted by Crippen LogP contribution is 2.51. The van der Waals surface area contributed by atoms with Crippen LogP contribution in [-0.4, -0.2) is 193 Å². The van der Waals surface area contributed by atoms with Gasteiger partial charge in [-0.05, 0) is 185 Å². The first kappa shape index (κ1) is 137. The number of ether oxygens (including phenoxy) is 6. The standard InChI is InChI=1S/C104H215FO15P6.C2H7O4P/c1-19-37-55-99(56-38-20-2,57-39-21-3)86-111-73-93(82-122-92-105)81-121-84-97(79-115-90-103(67-49-31-13,68-50-32-14)69-51-33-15)124-85-98(80-116-91-104(70-52-34-16,71-53-35-17)72-54-36-18)123-83-96(77-114-89-102(64-46-28-10,65-47-29-11)66-48-30-12)120-126(109,110)118-78-95(76-113-88-101(61-43-25-7,62-44-26-8)63-45-27-9)119-125(107,108)117-75-94(106)74-112-87-100(58-40-22-4,59-41-23-5)60-42-24-6;1-5-7(3,4)6-2/h93-98,106,121-124H,19-92H2,1-18H3,(H,107,108)(H,109,110);1-2H3,(H,3,4). The maximum absolute atomic E-state index is 15.3. The molecule has 0 fully saturated rings. The van der Waals surface area contributed by atoms with Crippen molar-refractivity contribution >= 4 is 57.8 Å². The van der Waals surface area contributed by atoms with Crippen molar-refractivity contribution in [1.82, 2.24) is 0 Å². The summed E-state index contributed by atoms with van der Waals surface area (Å²) >= 11 is 0. The van der Waals surface area contributed by atoms with Gasteiger partial charge in [-0.15, -0.1) is 25.7 Å². The molecule has 4 N–H and O–H groups in total. The Balaban J connectivity index is 0. The van der Waals surface area contributed by atoms with Crippen molar-refractivity contribution in [3.05, 3.63) is 0 Å². The molecule has 0 aliphatic rings. The summed E-state index contributed by atoms with van der Waals surface area (Å²) in [6.45, 7) is 45.2. The van der Waals surface area contributed by atoms with Crippen molar-refractivity contribution in [3.63, 3.8) is 0 Å². The molecule has 12 atom stereocenters. The van der Waals surface area contributed by atoms with E-state index in [9.17, 15) is 28.4 Å². The minimum atomic E-state index is -5.02. The number of phosphoric acid groups is 3. The lowest BCUT2D eigenvalue weighted by Gasteiger charge is -2.36. The number of phosphoric ester groups is 3. The molecule has 12 unspecified atom stereocenters. The third kappa shape index (κ3) is 70.2. The van der Waals surface area contributed by atoms with E-state index in [1.807, 2.05) is 0 Å². The number of hydrogen-bond donors (Lipinski definition) is 4. The number of hydrogen-bond acceptors (Lipinski definition) is 16. The second-order valence-electron chi connectivity index (χ2n) is 40.7. The Morgan fingerprint density at radius 3 is 0.752 bits per heavy atom. The third-order valence-corrected chi connectivity index (χ3v) is 37.8. The Hall–Kier alpha value is 1.70. The number of rotatable bonds is 103. The molecule has 0 aliphatic carbocycles. The van der Waals surface area contributed by atoms with E-state index in [0.717, 1.165) is 264 Å². The zero-order valence-corrected chi connectivity index (χ0v) is 97.1. The Morgan fingerprint density at radius 2 is 0.489 bits per heavy atom. The summed E-state index contributed by atoms with van der Waals surface area (Å²) in [4.78, 5) is 32.4. The van der Waals surface area contributed by atoms with E-state index in [-0.39, 0.29) is 81.5 Å². The van der Waals surface area contributed by atoms with Gasteiger partial charge < -0.3 is 48.2 Å². The summed E-state index contributed by atoms with van der Waals surface area (Å²) in [6, 6.07) is 0. The van der Waals surface area contributed by atoms with Crippen molar-refractivity contribution in [2.24, 2.45) is 38.4 Å². The van der Waals surface area contributed by atoms with Gasteiger partial charge >= 0.3 is 23.5 Å². The van der Waals surface area contributed by atoms with Crippen LogP contribution in [0.15, 0.2) is 0 Å². The molecule has 0 bridgehead atoms. The van der Waals surface area contributed by atoms with Crippen LogP contribution in [0.5, 0.6) is 0 Å². The molecule has 19 nitrogen and oxygen atoms in total. The van der Waals surface area contributed by atoms with Gasteiger partial charge in [0.2, 0.25) is 0 Å². The number of aliphatic hydroxyl groups is 1. The van der Waals surface area contributed by atoms with E-state index in [1.165, 1.54) is 135 Å². The van der Waals surface area contributed by atoms with Gasteiger partial charge in [-0.3, -0.25) is 27.1 Å². The molecular formula is C106H222FO19P7. The van der Waals surface area contributed by atoms with Gasteiger partial charge in [-0.2, -0.15) is 0 Å². The van der Waals surface area contributed by atoms with Gasteiger partial charge in [0.25, 0.3) is 0 Å². The largest absolute Gasteiger partial charge is 0.472 e. The maximum atomic E-state index is 15.3. The Bertz CT molecular complexity index is 2550. The predicted molar refractivity (Wildman–Crippen MR) is 577 cm³/mol. The normalized spacial score (nSPS) is 15.5. The van der Waals surface area contributed by atoms with E-state index in [4.69, 9.17) is 51.4 Å². The summed E-state index contributed by atoms with van der Waals surface area (Å²) in [7, 11) is -9.63. The number of unbranched alkanes of at least 4 members (excludes halogenated alkanes) is 18. The van der Waals surface area contributed by atoms with Gasteiger partial charge in [-0.1, -0.05) is 364 Å². The van der Waals surface area contributed by atoms with Crippen LogP contribution in [0.4, 0.5) is 4.39 Å². The molecule has 0 aliphatic heterocycles. The summed E-state index contributed by atoms with van der Waals surface area (Å²) < 4.78 is 128. The summed E-state index contributed by atoms with van der Waals surface area (Å²) in [6.07, 6.45) is 61.1. The molecular weight excluding hydrogens is 1810 g/mol. The molecule has 0 aromatic heterocycles. The molecule has 133 heavy (non-hydrogen) atoms. The highest BCUT2D eigenvalue weighted by atomic mass is 31.2. The number of halogens is 1. The van der Waals surface area contributed by atoms with Crippen LogP contribution in [0.1, 0.15) is 471 Å². The fraction of sp³-hybridized carbons (Fsp3) is 1.00. The zero-order valence-electron chi connectivity index (χ0n) is 90.4. The van der Waals surface area contributed by atoms with Crippen molar-refractivity contribution < 1.29 is 93.4 Å². The molecule has 0 saturated heterocycles. The van der Waals surface area contributed by atoms with Gasteiger partial charge in [0.1, 0.15) is 18.6 Å². The quantitative estimate of drug-likeness (QED) is 0.0414. The molecule has 802 valence electrons. The smallest absolute Gasteiger partial charge is 0.388 e. The van der Waals surface area contributed by atoms with Gasteiger partial charge in [0, 0.05) is 25.5 Å². The maximum Gasteiger partial charge on any atom is 0.472 e. The monoisotopic (exact) mass is 2040 g/mol. The number of aliphatic hydroxyl groups excluding tert-OH is 1. The molecule has 0 saturated carbocycles. The average Bonchev–Trinajstić information content (AvgIpc) is 0.861. The van der Waals surface area contributed by atoms with Gasteiger partial charge in [0.05, 0.1) is 98.6 Å². The van der Waals surface area contributed by atoms with Crippen molar-refractivity contribution in [3.8, 4) is 0 Å². The molecule has 0 spiro atoms. The molecule has 0 aromatic rings. The first-order valence-electron chi connectivity index (χ1n) is 55.3. The lowest BCUT2D eigenvalue weighted by atomic mass is 9.75. The Morgan fingerprint density at radius 1 is 0.263 bits per heavy atom. The van der Waals surface area contributed by atoms with Crippen LogP contribution in [0.3, 0.4) is 0 Å². The van der Waals surface area contributed by atoms with Crippen LogP contribution in [0, 0.1) is 38.4 Å². The SMILES string of the molecule is CCCCC(CCCC)(CCCC)COCC(O)COP(=O)(O)OC(COCC(CCCC)(CCCC)CCCC)COP(=O)(O)OC(COCC(CCCC)(CCCC)CCCC)CPC(COCC(CCCC)(CCCC)CCCC)CPC(COCC(CCCC)(CCCC)CCCC)CPCC(COCC(CCCC)(CCCC)CCCC)CPCF.COP(=O)(O)OC. The molecule has 27 heteroatoms. The van der Waals surface area contributed by atoms with Gasteiger partial charge in [-0.25, -0.2) is 18.1 Å². The number of alkyl halides is 1. The van der Waals surface area contributed by atoms with E-state index >= 15 is 4.57 Å². The molecule has 0 radical (unpaired) electrons. The van der Waals surface area contributed by atoms with Crippen LogP contribution < -0.4 is 0 Å². The van der Waals surface area contributed by atoms with E-state index in [1.54, 1.807) is 0 Å². The second kappa shape index (κ2) is 87.9. The fourth-order valence-electron chi connectivity index (χ4n) is 19.0. The van der Waals surface area contributed by atoms with Gasteiger partial charge in [0.15, 0.2) is 0 Å². The van der Waals surface area contributed by atoms with Crippen molar-refractivity contribution in [2.45, 2.75) is 501 Å².